The number of nitrogens with one attached hydrogen (secondary N) is 1. The summed E-state index contributed by atoms with van der Waals surface area (Å²) in [6.45, 7) is 7.21. The maximum absolute atomic E-state index is 12.9. The van der Waals surface area contributed by atoms with E-state index in [0.717, 1.165) is 63.0 Å². The van der Waals surface area contributed by atoms with Crippen molar-refractivity contribution in [3.05, 3.63) is 62.3 Å². The number of aryl methyl sites for hydroxylation is 1. The predicted octanol–water partition coefficient (Wildman–Crippen LogP) is 1.64. The van der Waals surface area contributed by atoms with Gasteiger partial charge in [-0.1, -0.05) is 29.8 Å². The highest BCUT2D eigenvalue weighted by Crippen LogP contribution is 2.23. The molecule has 1 atom stereocenters. The van der Waals surface area contributed by atoms with Gasteiger partial charge in [0.15, 0.2) is 0 Å². The summed E-state index contributed by atoms with van der Waals surface area (Å²) < 4.78 is 2.59. The molecule has 4 rings (SSSR count). The minimum Gasteiger partial charge on any atom is -0.357 e. The van der Waals surface area contributed by atoms with E-state index in [0.29, 0.717) is 18.3 Å². The van der Waals surface area contributed by atoms with E-state index >= 15 is 0 Å². The molecule has 1 aromatic carbocycles. The minimum atomic E-state index is -0.345. The number of anilines is 1. The molecule has 34 heavy (non-hydrogen) atoms. The Bertz CT molecular complexity index is 1110. The zero-order valence-electron chi connectivity index (χ0n) is 20.6. The summed E-state index contributed by atoms with van der Waals surface area (Å²) in [5.74, 6) is 1.05. The highest BCUT2D eigenvalue weighted by Gasteiger charge is 2.28. The van der Waals surface area contributed by atoms with Gasteiger partial charge in [0.25, 0.3) is 5.56 Å². The first-order valence-corrected chi connectivity index (χ1v) is 12.4. The van der Waals surface area contributed by atoms with E-state index in [1.807, 2.05) is 4.90 Å². The van der Waals surface area contributed by atoms with Crippen LogP contribution in [0.4, 0.5) is 5.82 Å². The van der Waals surface area contributed by atoms with E-state index in [-0.39, 0.29) is 23.1 Å². The Morgan fingerprint density at radius 1 is 1.00 bits per heavy atom. The first-order chi connectivity index (χ1) is 16.3. The fraction of sp³-hybridized carbons (Fsp3) is 0.577. The molecule has 8 heteroatoms. The summed E-state index contributed by atoms with van der Waals surface area (Å²) in [4.78, 5) is 41.9. The maximum Gasteiger partial charge on any atom is 0.332 e. The number of hydrogen-bond donors (Lipinski definition) is 1. The minimum absolute atomic E-state index is 0.0839. The van der Waals surface area contributed by atoms with Crippen molar-refractivity contribution in [1.82, 2.24) is 19.4 Å². The summed E-state index contributed by atoms with van der Waals surface area (Å²) in [5.41, 5.74) is 1.98. The monoisotopic (exact) mass is 467 g/mol. The number of carbonyl (C=O) groups excluding carboxylic acids is 1. The lowest BCUT2D eigenvalue weighted by Gasteiger charge is -2.35. The molecule has 0 spiro atoms. The molecule has 3 heterocycles. The van der Waals surface area contributed by atoms with Crippen molar-refractivity contribution in [3.63, 3.8) is 0 Å². The second-order valence-electron chi connectivity index (χ2n) is 9.98. The number of likely N-dealkylation sites (tertiary alicyclic amines) is 1. The Morgan fingerprint density at radius 3 is 2.41 bits per heavy atom. The van der Waals surface area contributed by atoms with Crippen LogP contribution in [-0.2, 0) is 25.4 Å². The number of piperidine rings is 2. The van der Waals surface area contributed by atoms with E-state index in [9.17, 15) is 14.4 Å². The van der Waals surface area contributed by atoms with Crippen molar-refractivity contribution in [2.24, 2.45) is 25.9 Å². The second-order valence-corrected chi connectivity index (χ2v) is 9.98. The van der Waals surface area contributed by atoms with E-state index in [2.05, 4.69) is 41.4 Å². The van der Waals surface area contributed by atoms with Gasteiger partial charge in [0.2, 0.25) is 5.91 Å². The van der Waals surface area contributed by atoms with Gasteiger partial charge in [-0.3, -0.25) is 23.6 Å². The summed E-state index contributed by atoms with van der Waals surface area (Å²) in [7, 11) is 3.15. The topological polar surface area (TPSA) is 79.6 Å². The summed E-state index contributed by atoms with van der Waals surface area (Å²) >= 11 is 0. The Balaban J connectivity index is 1.26. The normalized spacial score (nSPS) is 19.9. The Kier molecular flexibility index (Phi) is 7.56. The van der Waals surface area contributed by atoms with Crippen molar-refractivity contribution >= 4 is 11.7 Å². The van der Waals surface area contributed by atoms with Crippen LogP contribution in [-0.4, -0.2) is 52.7 Å². The van der Waals surface area contributed by atoms with Gasteiger partial charge in [-0.25, -0.2) is 4.79 Å². The molecule has 8 nitrogen and oxygen atoms in total. The van der Waals surface area contributed by atoms with Crippen molar-refractivity contribution < 1.29 is 4.79 Å². The number of rotatable bonds is 6. The second kappa shape index (κ2) is 10.6. The van der Waals surface area contributed by atoms with Gasteiger partial charge < -0.3 is 10.2 Å². The van der Waals surface area contributed by atoms with Crippen molar-refractivity contribution in [2.75, 3.05) is 37.6 Å². The zero-order chi connectivity index (χ0) is 24.2. The van der Waals surface area contributed by atoms with Gasteiger partial charge >= 0.3 is 5.69 Å². The van der Waals surface area contributed by atoms with Crippen LogP contribution < -0.4 is 21.5 Å². The van der Waals surface area contributed by atoms with Gasteiger partial charge in [0.05, 0.1) is 5.92 Å². The number of carbonyl (C=O) groups is 1. The molecule has 1 aromatic heterocycles. The van der Waals surface area contributed by atoms with Crippen molar-refractivity contribution in [3.8, 4) is 0 Å². The molecule has 184 valence electrons. The molecule has 0 aliphatic carbocycles. The third-order valence-electron chi connectivity index (χ3n) is 7.42. The predicted molar refractivity (Wildman–Crippen MR) is 134 cm³/mol. The lowest BCUT2D eigenvalue weighted by atomic mass is 9.94. The molecule has 2 aromatic rings. The van der Waals surface area contributed by atoms with Crippen LogP contribution in [0.2, 0.25) is 0 Å². The van der Waals surface area contributed by atoms with Crippen LogP contribution in [0.15, 0.2) is 39.9 Å². The Morgan fingerprint density at radius 2 is 1.71 bits per heavy atom. The summed E-state index contributed by atoms with van der Waals surface area (Å²) in [6, 6.07) is 10.2. The SMILES string of the molecule is Cc1ccc(CN2CCC(CNC(=O)[C@@H]3CCCN(c4cc(=O)n(C)c(=O)n4C)C3)CC2)cc1. The first kappa shape index (κ1) is 24.3. The molecule has 0 unspecified atom stereocenters. The molecule has 2 saturated heterocycles. The van der Waals surface area contributed by atoms with Gasteiger partial charge in [0, 0.05) is 46.3 Å². The molecule has 2 aliphatic rings. The van der Waals surface area contributed by atoms with Crippen LogP contribution in [0.5, 0.6) is 0 Å². The van der Waals surface area contributed by atoms with E-state index in [1.54, 1.807) is 7.05 Å². The molecule has 2 fully saturated rings. The van der Waals surface area contributed by atoms with E-state index < -0.39 is 0 Å². The third kappa shape index (κ3) is 5.60. The summed E-state index contributed by atoms with van der Waals surface area (Å²) in [5, 5.41) is 3.19. The van der Waals surface area contributed by atoms with Crippen LogP contribution in [0.25, 0.3) is 0 Å². The van der Waals surface area contributed by atoms with Gasteiger partial charge in [-0.15, -0.1) is 0 Å². The van der Waals surface area contributed by atoms with Crippen molar-refractivity contribution in [1.29, 1.82) is 0 Å². The molecular weight excluding hydrogens is 430 g/mol. The lowest BCUT2D eigenvalue weighted by Crippen LogP contribution is -2.47. The Hall–Kier alpha value is -2.87. The molecule has 1 amide bonds. The summed E-state index contributed by atoms with van der Waals surface area (Å²) in [6.07, 6.45) is 3.88. The highest BCUT2D eigenvalue weighted by molar-refractivity contribution is 5.79. The van der Waals surface area contributed by atoms with Crippen molar-refractivity contribution in [2.45, 2.75) is 39.2 Å². The zero-order valence-corrected chi connectivity index (χ0v) is 20.6. The molecule has 2 aliphatic heterocycles. The number of benzene rings is 1. The molecule has 0 bridgehead atoms. The van der Waals surface area contributed by atoms with Crippen LogP contribution in [0.3, 0.4) is 0 Å². The average molecular weight is 468 g/mol. The van der Waals surface area contributed by atoms with Crippen LogP contribution in [0.1, 0.15) is 36.8 Å². The fourth-order valence-electron chi connectivity index (χ4n) is 5.11. The standard InChI is InChI=1S/C26H37N5O3/c1-19-6-8-21(9-7-19)17-30-13-10-20(11-14-30)16-27-25(33)22-5-4-12-31(18-22)23-15-24(32)29(3)26(34)28(23)2/h6-9,15,20,22H,4-5,10-14,16-18H2,1-3H3,(H,27,33)/t22-/m1/s1. The molecule has 0 saturated carbocycles. The lowest BCUT2D eigenvalue weighted by molar-refractivity contribution is -0.125. The molecular formula is C26H37N5O3. The largest absolute Gasteiger partial charge is 0.357 e. The van der Waals surface area contributed by atoms with E-state index in [4.69, 9.17) is 0 Å². The van der Waals surface area contributed by atoms with Crippen LogP contribution >= 0.6 is 0 Å². The van der Waals surface area contributed by atoms with Crippen LogP contribution in [0, 0.1) is 18.8 Å². The first-order valence-electron chi connectivity index (χ1n) is 12.4. The van der Waals surface area contributed by atoms with Gasteiger partial charge in [0.1, 0.15) is 5.82 Å². The number of aromatic nitrogens is 2. The third-order valence-corrected chi connectivity index (χ3v) is 7.42. The Labute approximate surface area is 201 Å². The number of hydrogen-bond acceptors (Lipinski definition) is 5. The number of nitrogens with zero attached hydrogens (tertiary/aromatic N) is 4. The molecule has 1 N–H and O–H groups in total. The quantitative estimate of drug-likeness (QED) is 0.699. The van der Waals surface area contributed by atoms with Gasteiger partial charge in [-0.2, -0.15) is 0 Å². The highest BCUT2D eigenvalue weighted by atomic mass is 16.2. The maximum atomic E-state index is 12.9. The molecule has 0 radical (unpaired) electrons. The number of amides is 1. The van der Waals surface area contributed by atoms with Gasteiger partial charge in [-0.05, 0) is 57.2 Å². The fourth-order valence-corrected chi connectivity index (χ4v) is 5.11. The average Bonchev–Trinajstić information content (AvgIpc) is 2.85. The smallest absolute Gasteiger partial charge is 0.332 e. The van der Waals surface area contributed by atoms with E-state index in [1.165, 1.54) is 28.8 Å².